The molecule has 1 aliphatic rings. The third kappa shape index (κ3) is 2.04. The molecule has 1 aliphatic carbocycles. The molecule has 1 saturated carbocycles. The number of nitrogens with two attached hydrogens (primary N) is 1. The summed E-state index contributed by atoms with van der Waals surface area (Å²) in [5.74, 6) is 0.281. The topological polar surface area (TPSA) is 46.2 Å². The number of rotatable bonds is 4. The van der Waals surface area contributed by atoms with Gasteiger partial charge in [0.15, 0.2) is 0 Å². The van der Waals surface area contributed by atoms with E-state index >= 15 is 0 Å². The molecule has 2 rings (SSSR count). The van der Waals surface area contributed by atoms with Gasteiger partial charge in [-0.05, 0) is 37.1 Å². The van der Waals surface area contributed by atoms with Crippen molar-refractivity contribution in [2.24, 2.45) is 11.1 Å². The molecule has 0 bridgehead atoms. The normalized spacial score (nSPS) is 20.2. The average molecular weight is 284 g/mol. The van der Waals surface area contributed by atoms with Gasteiger partial charge >= 0.3 is 0 Å². The lowest BCUT2D eigenvalue weighted by atomic mass is 9.60. The van der Waals surface area contributed by atoms with Crippen molar-refractivity contribution in [3.05, 3.63) is 34.3 Å². The van der Waals surface area contributed by atoms with E-state index in [1.165, 1.54) is 12.0 Å². The van der Waals surface area contributed by atoms with Gasteiger partial charge in [0, 0.05) is 22.4 Å². The van der Waals surface area contributed by atoms with Gasteiger partial charge in [-0.2, -0.15) is 0 Å². The highest BCUT2D eigenvalue weighted by molar-refractivity contribution is 9.10. The minimum Gasteiger partial charge on any atom is -0.396 e. The predicted octanol–water partition coefficient (Wildman–Crippen LogP) is 2.65. The third-order valence-electron chi connectivity index (χ3n) is 3.89. The molecule has 1 aromatic carbocycles. The van der Waals surface area contributed by atoms with Crippen LogP contribution >= 0.6 is 15.9 Å². The fourth-order valence-corrected chi connectivity index (χ4v) is 3.13. The highest BCUT2D eigenvalue weighted by atomic mass is 79.9. The molecule has 1 unspecified atom stereocenters. The Labute approximate surface area is 105 Å². The van der Waals surface area contributed by atoms with Crippen LogP contribution in [0.3, 0.4) is 0 Å². The maximum Gasteiger partial charge on any atom is 0.0493 e. The van der Waals surface area contributed by atoms with Crippen molar-refractivity contribution in [1.82, 2.24) is 0 Å². The van der Waals surface area contributed by atoms with Crippen LogP contribution in [-0.4, -0.2) is 18.3 Å². The van der Waals surface area contributed by atoms with E-state index in [-0.39, 0.29) is 17.9 Å². The fourth-order valence-electron chi connectivity index (χ4n) is 2.71. The Kier molecular flexibility index (Phi) is 3.67. The lowest BCUT2D eigenvalue weighted by Gasteiger charge is -2.46. The Morgan fingerprint density at radius 1 is 1.44 bits per heavy atom. The second-order valence-electron chi connectivity index (χ2n) is 4.72. The molecule has 0 saturated heterocycles. The van der Waals surface area contributed by atoms with Crippen LogP contribution in [0.15, 0.2) is 28.7 Å². The van der Waals surface area contributed by atoms with Gasteiger partial charge in [-0.3, -0.25) is 0 Å². The van der Waals surface area contributed by atoms with Crippen molar-refractivity contribution in [1.29, 1.82) is 0 Å². The van der Waals surface area contributed by atoms with E-state index < -0.39 is 0 Å². The third-order valence-corrected chi connectivity index (χ3v) is 4.38. The minimum atomic E-state index is 0.0372. The van der Waals surface area contributed by atoms with Crippen LogP contribution in [0, 0.1) is 5.41 Å². The molecule has 0 heterocycles. The quantitative estimate of drug-likeness (QED) is 0.893. The van der Waals surface area contributed by atoms with Gasteiger partial charge < -0.3 is 10.8 Å². The number of hydrogen-bond acceptors (Lipinski definition) is 2. The number of aliphatic hydroxyl groups is 1. The first-order valence-corrected chi connectivity index (χ1v) is 6.57. The van der Waals surface area contributed by atoms with Gasteiger partial charge in [0.05, 0.1) is 0 Å². The monoisotopic (exact) mass is 283 g/mol. The molecule has 0 aromatic heterocycles. The lowest BCUT2D eigenvalue weighted by molar-refractivity contribution is 0.0192. The van der Waals surface area contributed by atoms with E-state index in [0.29, 0.717) is 6.54 Å². The fraction of sp³-hybridized carbons (Fsp3) is 0.538. The first kappa shape index (κ1) is 12.1. The summed E-state index contributed by atoms with van der Waals surface area (Å²) < 4.78 is 1.08. The molecule has 3 N–H and O–H groups in total. The molecular formula is C13H18BrNO. The van der Waals surface area contributed by atoms with Gasteiger partial charge in [0.25, 0.3) is 0 Å². The van der Waals surface area contributed by atoms with E-state index in [1.54, 1.807) is 0 Å². The molecule has 0 spiro atoms. The van der Waals surface area contributed by atoms with Gasteiger partial charge in [0.2, 0.25) is 0 Å². The minimum absolute atomic E-state index is 0.0372. The Hall–Kier alpha value is -0.380. The van der Waals surface area contributed by atoms with Gasteiger partial charge in [0.1, 0.15) is 0 Å². The summed E-state index contributed by atoms with van der Waals surface area (Å²) in [6, 6.07) is 8.28. The van der Waals surface area contributed by atoms with Crippen molar-refractivity contribution in [2.45, 2.75) is 25.2 Å². The molecule has 1 atom stereocenters. The number of halogens is 1. The highest BCUT2D eigenvalue weighted by Crippen LogP contribution is 2.50. The second-order valence-corrected chi connectivity index (χ2v) is 5.63. The Morgan fingerprint density at radius 2 is 2.19 bits per heavy atom. The number of aliphatic hydroxyl groups excluding tert-OH is 1. The lowest BCUT2D eigenvalue weighted by Crippen LogP contribution is -2.42. The van der Waals surface area contributed by atoms with Crippen LogP contribution in [0.4, 0.5) is 0 Å². The molecule has 88 valence electrons. The Balaban J connectivity index is 2.28. The van der Waals surface area contributed by atoms with Crippen molar-refractivity contribution < 1.29 is 5.11 Å². The predicted molar refractivity (Wildman–Crippen MR) is 69.3 cm³/mol. The van der Waals surface area contributed by atoms with Crippen LogP contribution in [0.1, 0.15) is 30.7 Å². The molecule has 3 heteroatoms. The standard InChI is InChI=1S/C13H18BrNO/c14-11-4-1-3-10(7-11)12(8-15)13(9-16)5-2-6-13/h1,3-4,7,12,16H,2,5-6,8-9,15H2. The first-order chi connectivity index (χ1) is 7.72. The van der Waals surface area contributed by atoms with Crippen LogP contribution in [-0.2, 0) is 0 Å². The van der Waals surface area contributed by atoms with Crippen molar-refractivity contribution in [2.75, 3.05) is 13.2 Å². The van der Waals surface area contributed by atoms with E-state index in [1.807, 2.05) is 12.1 Å². The summed E-state index contributed by atoms with van der Waals surface area (Å²) >= 11 is 3.48. The van der Waals surface area contributed by atoms with E-state index in [4.69, 9.17) is 5.73 Å². The van der Waals surface area contributed by atoms with E-state index in [0.717, 1.165) is 17.3 Å². The Bertz CT molecular complexity index is 357. The van der Waals surface area contributed by atoms with E-state index in [2.05, 4.69) is 28.1 Å². The van der Waals surface area contributed by atoms with Crippen LogP contribution in [0.2, 0.25) is 0 Å². The zero-order chi connectivity index (χ0) is 11.6. The molecule has 0 aliphatic heterocycles. The zero-order valence-corrected chi connectivity index (χ0v) is 10.9. The van der Waals surface area contributed by atoms with Crippen molar-refractivity contribution in [3.63, 3.8) is 0 Å². The summed E-state index contributed by atoms with van der Waals surface area (Å²) in [6.45, 7) is 0.860. The molecule has 2 nitrogen and oxygen atoms in total. The van der Waals surface area contributed by atoms with Crippen LogP contribution < -0.4 is 5.73 Å². The average Bonchev–Trinajstić information content (AvgIpc) is 2.23. The Morgan fingerprint density at radius 3 is 2.62 bits per heavy atom. The summed E-state index contributed by atoms with van der Waals surface area (Å²) in [6.07, 6.45) is 3.40. The number of benzene rings is 1. The van der Waals surface area contributed by atoms with Crippen LogP contribution in [0.5, 0.6) is 0 Å². The summed E-state index contributed by atoms with van der Waals surface area (Å²) in [5.41, 5.74) is 7.18. The van der Waals surface area contributed by atoms with Crippen molar-refractivity contribution in [3.8, 4) is 0 Å². The van der Waals surface area contributed by atoms with Gasteiger partial charge in [-0.25, -0.2) is 0 Å². The van der Waals surface area contributed by atoms with Gasteiger partial charge in [-0.1, -0.05) is 34.5 Å². The summed E-state index contributed by atoms with van der Waals surface area (Å²) in [7, 11) is 0. The zero-order valence-electron chi connectivity index (χ0n) is 9.32. The molecule has 16 heavy (non-hydrogen) atoms. The van der Waals surface area contributed by atoms with Crippen LogP contribution in [0.25, 0.3) is 0 Å². The molecule has 0 radical (unpaired) electrons. The van der Waals surface area contributed by atoms with Crippen molar-refractivity contribution >= 4 is 15.9 Å². The SMILES string of the molecule is NCC(c1cccc(Br)c1)C1(CO)CCC1. The summed E-state index contributed by atoms with van der Waals surface area (Å²) in [5, 5.41) is 9.60. The second kappa shape index (κ2) is 4.86. The maximum absolute atomic E-state index is 9.60. The first-order valence-electron chi connectivity index (χ1n) is 5.78. The maximum atomic E-state index is 9.60. The molecule has 0 amide bonds. The molecular weight excluding hydrogens is 266 g/mol. The number of hydrogen-bond donors (Lipinski definition) is 2. The smallest absolute Gasteiger partial charge is 0.0493 e. The molecule has 1 aromatic rings. The highest BCUT2D eigenvalue weighted by Gasteiger charge is 2.43. The van der Waals surface area contributed by atoms with Gasteiger partial charge in [-0.15, -0.1) is 0 Å². The summed E-state index contributed by atoms with van der Waals surface area (Å²) in [4.78, 5) is 0. The molecule has 1 fully saturated rings. The van der Waals surface area contributed by atoms with E-state index in [9.17, 15) is 5.11 Å². The largest absolute Gasteiger partial charge is 0.396 e.